The van der Waals surface area contributed by atoms with Gasteiger partial charge in [-0.1, -0.05) is 6.07 Å². The van der Waals surface area contributed by atoms with E-state index in [1.54, 1.807) is 16.7 Å². The van der Waals surface area contributed by atoms with Crippen molar-refractivity contribution in [3.05, 3.63) is 22.4 Å². The third-order valence-electron chi connectivity index (χ3n) is 2.82. The second-order valence-corrected chi connectivity index (χ2v) is 4.90. The molecule has 0 saturated carbocycles. The molecule has 18 heavy (non-hydrogen) atoms. The van der Waals surface area contributed by atoms with Crippen LogP contribution in [0.2, 0.25) is 0 Å². The number of amides is 2. The zero-order chi connectivity index (χ0) is 13.0. The number of piperazine rings is 1. The number of hydrogen-bond donors (Lipinski definition) is 0. The van der Waals surface area contributed by atoms with Gasteiger partial charge < -0.3 is 14.5 Å². The number of ether oxygens (including phenoxy) is 1. The molecule has 1 aliphatic heterocycles. The van der Waals surface area contributed by atoms with Gasteiger partial charge in [-0.2, -0.15) is 0 Å². The summed E-state index contributed by atoms with van der Waals surface area (Å²) in [6.45, 7) is 4.37. The van der Waals surface area contributed by atoms with Gasteiger partial charge in [0.1, 0.15) is 0 Å². The van der Waals surface area contributed by atoms with Crippen LogP contribution in [-0.2, 0) is 4.74 Å². The molecule has 1 aromatic rings. The van der Waals surface area contributed by atoms with E-state index < -0.39 is 0 Å². The van der Waals surface area contributed by atoms with Crippen molar-refractivity contribution in [1.29, 1.82) is 0 Å². The van der Waals surface area contributed by atoms with Gasteiger partial charge in [0.15, 0.2) is 0 Å². The summed E-state index contributed by atoms with van der Waals surface area (Å²) in [6, 6.07) is 3.69. The first-order valence-corrected chi connectivity index (χ1v) is 6.85. The molecule has 0 N–H and O–H groups in total. The average Bonchev–Trinajstić information content (AvgIpc) is 2.92. The Morgan fingerprint density at radius 1 is 1.28 bits per heavy atom. The highest BCUT2D eigenvalue weighted by atomic mass is 32.1. The Hall–Kier alpha value is -1.56. The lowest BCUT2D eigenvalue weighted by Crippen LogP contribution is -2.50. The zero-order valence-corrected chi connectivity index (χ0v) is 11.1. The van der Waals surface area contributed by atoms with Gasteiger partial charge in [0, 0.05) is 26.2 Å². The minimum absolute atomic E-state index is 0.0495. The topological polar surface area (TPSA) is 49.9 Å². The molecule has 0 aliphatic carbocycles. The number of nitrogens with zero attached hydrogens (tertiary/aromatic N) is 2. The zero-order valence-electron chi connectivity index (χ0n) is 10.3. The number of carbonyl (C=O) groups excluding carboxylic acids is 2. The summed E-state index contributed by atoms with van der Waals surface area (Å²) >= 11 is 1.44. The fourth-order valence-electron chi connectivity index (χ4n) is 1.86. The van der Waals surface area contributed by atoms with E-state index in [1.165, 1.54) is 11.3 Å². The average molecular weight is 268 g/mol. The molecular formula is C12H16N2O3S. The Morgan fingerprint density at radius 2 is 1.94 bits per heavy atom. The SMILES string of the molecule is CCOC(=O)N1CCN(C(=O)c2cccs2)CC1. The van der Waals surface area contributed by atoms with E-state index in [-0.39, 0.29) is 12.0 Å². The van der Waals surface area contributed by atoms with Crippen molar-refractivity contribution in [3.8, 4) is 0 Å². The third-order valence-corrected chi connectivity index (χ3v) is 3.68. The number of thiophene rings is 1. The summed E-state index contributed by atoms with van der Waals surface area (Å²) in [6.07, 6.45) is -0.291. The second-order valence-electron chi connectivity index (χ2n) is 3.96. The van der Waals surface area contributed by atoms with Gasteiger partial charge in [0.05, 0.1) is 11.5 Å². The van der Waals surface area contributed by atoms with Gasteiger partial charge in [0.2, 0.25) is 0 Å². The number of rotatable bonds is 2. The Kier molecular flexibility index (Phi) is 4.19. The molecule has 1 saturated heterocycles. The summed E-state index contributed by atoms with van der Waals surface area (Å²) in [5.74, 6) is 0.0495. The molecule has 0 bridgehead atoms. The van der Waals surface area contributed by atoms with Crippen LogP contribution in [0, 0.1) is 0 Å². The molecule has 2 rings (SSSR count). The van der Waals surface area contributed by atoms with Crippen LogP contribution in [0.5, 0.6) is 0 Å². The van der Waals surface area contributed by atoms with Gasteiger partial charge in [-0.15, -0.1) is 11.3 Å². The van der Waals surface area contributed by atoms with Gasteiger partial charge in [-0.25, -0.2) is 4.79 Å². The lowest BCUT2D eigenvalue weighted by atomic mass is 10.3. The summed E-state index contributed by atoms with van der Waals surface area (Å²) in [5.41, 5.74) is 0. The molecular weight excluding hydrogens is 252 g/mol. The van der Waals surface area contributed by atoms with E-state index >= 15 is 0 Å². The van der Waals surface area contributed by atoms with Crippen molar-refractivity contribution in [3.63, 3.8) is 0 Å². The first kappa shape index (κ1) is 12.9. The highest BCUT2D eigenvalue weighted by Crippen LogP contribution is 2.14. The van der Waals surface area contributed by atoms with Crippen LogP contribution in [0.1, 0.15) is 16.6 Å². The summed E-state index contributed by atoms with van der Waals surface area (Å²) in [7, 11) is 0. The molecule has 98 valence electrons. The summed E-state index contributed by atoms with van der Waals surface area (Å²) in [5, 5.41) is 1.89. The van der Waals surface area contributed by atoms with Crippen molar-refractivity contribution in [2.45, 2.75) is 6.92 Å². The van der Waals surface area contributed by atoms with E-state index in [1.807, 2.05) is 17.5 Å². The van der Waals surface area contributed by atoms with Crippen molar-refractivity contribution in [2.24, 2.45) is 0 Å². The fraction of sp³-hybridized carbons (Fsp3) is 0.500. The van der Waals surface area contributed by atoms with Crippen LogP contribution in [-0.4, -0.2) is 54.6 Å². The molecule has 5 nitrogen and oxygen atoms in total. The molecule has 1 fully saturated rings. The van der Waals surface area contributed by atoms with Crippen LogP contribution in [0.15, 0.2) is 17.5 Å². The highest BCUT2D eigenvalue weighted by Gasteiger charge is 2.25. The van der Waals surface area contributed by atoms with Crippen molar-refractivity contribution in [1.82, 2.24) is 9.80 Å². The van der Waals surface area contributed by atoms with E-state index in [2.05, 4.69) is 0 Å². The molecule has 0 spiro atoms. The van der Waals surface area contributed by atoms with Gasteiger partial charge >= 0.3 is 6.09 Å². The molecule has 0 unspecified atom stereocenters. The van der Waals surface area contributed by atoms with Crippen molar-refractivity contribution >= 4 is 23.3 Å². The molecule has 0 radical (unpaired) electrons. The third kappa shape index (κ3) is 2.81. The molecule has 0 aromatic carbocycles. The minimum atomic E-state index is -0.291. The standard InChI is InChI=1S/C12H16N2O3S/c1-2-17-12(16)14-7-5-13(6-8-14)11(15)10-4-3-9-18-10/h3-4,9H,2,5-8H2,1H3. The van der Waals surface area contributed by atoms with E-state index in [0.717, 1.165) is 4.88 Å². The molecule has 0 atom stereocenters. The lowest BCUT2D eigenvalue weighted by molar-refractivity contribution is 0.0574. The minimum Gasteiger partial charge on any atom is -0.450 e. The van der Waals surface area contributed by atoms with Crippen LogP contribution in [0.25, 0.3) is 0 Å². The Morgan fingerprint density at radius 3 is 2.50 bits per heavy atom. The first-order valence-electron chi connectivity index (χ1n) is 5.97. The predicted molar refractivity (Wildman–Crippen MR) is 68.8 cm³/mol. The van der Waals surface area contributed by atoms with Crippen molar-refractivity contribution in [2.75, 3.05) is 32.8 Å². The molecule has 2 heterocycles. The van der Waals surface area contributed by atoms with Crippen LogP contribution in [0.3, 0.4) is 0 Å². The van der Waals surface area contributed by atoms with E-state index in [9.17, 15) is 9.59 Å². The van der Waals surface area contributed by atoms with Crippen molar-refractivity contribution < 1.29 is 14.3 Å². The summed E-state index contributed by atoms with van der Waals surface area (Å²) < 4.78 is 4.93. The maximum Gasteiger partial charge on any atom is 0.409 e. The Labute approximate surface area is 110 Å². The summed E-state index contributed by atoms with van der Waals surface area (Å²) in [4.78, 5) is 27.7. The highest BCUT2D eigenvalue weighted by molar-refractivity contribution is 7.12. The molecule has 2 amide bonds. The number of hydrogen-bond acceptors (Lipinski definition) is 4. The predicted octanol–water partition coefficient (Wildman–Crippen LogP) is 1.66. The van der Waals surface area contributed by atoms with Gasteiger partial charge in [-0.05, 0) is 18.4 Å². The largest absolute Gasteiger partial charge is 0.450 e. The Bertz CT molecular complexity index is 411. The monoisotopic (exact) mass is 268 g/mol. The normalized spacial score (nSPS) is 15.6. The molecule has 1 aromatic heterocycles. The lowest BCUT2D eigenvalue weighted by Gasteiger charge is -2.33. The van der Waals surface area contributed by atoms with E-state index in [4.69, 9.17) is 4.74 Å². The molecule has 6 heteroatoms. The quantitative estimate of drug-likeness (QED) is 0.819. The maximum absolute atomic E-state index is 12.1. The van der Waals surface area contributed by atoms with Crippen LogP contribution in [0.4, 0.5) is 4.79 Å². The number of carbonyl (C=O) groups is 2. The smallest absolute Gasteiger partial charge is 0.409 e. The molecule has 1 aliphatic rings. The Balaban J connectivity index is 1.87. The second kappa shape index (κ2) is 5.86. The fourth-order valence-corrected chi connectivity index (χ4v) is 2.55. The van der Waals surface area contributed by atoms with Crippen LogP contribution < -0.4 is 0 Å². The first-order chi connectivity index (χ1) is 8.72. The van der Waals surface area contributed by atoms with Gasteiger partial charge in [0.25, 0.3) is 5.91 Å². The van der Waals surface area contributed by atoms with Crippen LogP contribution >= 0.6 is 11.3 Å². The van der Waals surface area contributed by atoms with E-state index in [0.29, 0.717) is 32.8 Å². The maximum atomic E-state index is 12.1. The van der Waals surface area contributed by atoms with Gasteiger partial charge in [-0.3, -0.25) is 4.79 Å².